The van der Waals surface area contributed by atoms with Crippen molar-refractivity contribution in [1.82, 2.24) is 25.3 Å². The van der Waals surface area contributed by atoms with Crippen LogP contribution >= 0.6 is 0 Å². The molecule has 1 aliphatic rings. The lowest BCUT2D eigenvalue weighted by Crippen LogP contribution is -2.42. The molecule has 1 amide bonds. The molecule has 0 unspecified atom stereocenters. The molecule has 4 rings (SSSR count). The topological polar surface area (TPSA) is 93.0 Å². The number of nitrogens with zero attached hydrogens (tertiary/aromatic N) is 5. The Morgan fingerprint density at radius 3 is 2.52 bits per heavy atom. The lowest BCUT2D eigenvalue weighted by molar-refractivity contribution is -0.125. The molecule has 160 valence electrons. The predicted octanol–water partition coefficient (Wildman–Crippen LogP) is 2.04. The van der Waals surface area contributed by atoms with Gasteiger partial charge in [-0.25, -0.2) is 4.68 Å². The van der Waals surface area contributed by atoms with E-state index in [4.69, 9.17) is 0 Å². The van der Waals surface area contributed by atoms with Crippen LogP contribution in [0.1, 0.15) is 18.5 Å². The van der Waals surface area contributed by atoms with Gasteiger partial charge in [0.25, 0.3) is 5.56 Å². The van der Waals surface area contributed by atoms with Crippen molar-refractivity contribution in [2.24, 2.45) is 5.92 Å². The molecule has 1 N–H and O–H groups in total. The molecule has 0 atom stereocenters. The summed E-state index contributed by atoms with van der Waals surface area (Å²) in [5.41, 5.74) is 2.39. The van der Waals surface area contributed by atoms with Gasteiger partial charge in [-0.15, -0.1) is 5.10 Å². The standard InChI is InChI=1S/C23H26N6O2/c1-17-7-9-21(26-25-17)28-14-11-19(12-15-28)23(31)24-13-16-29-22(30)10-8-20(27-29)18-5-3-2-4-6-18/h2-10,19H,11-16H2,1H3,(H,24,31). The van der Waals surface area contributed by atoms with E-state index in [0.717, 1.165) is 48.7 Å². The normalized spacial score (nSPS) is 14.4. The van der Waals surface area contributed by atoms with Crippen molar-refractivity contribution in [2.75, 3.05) is 24.5 Å². The molecule has 0 aliphatic carbocycles. The van der Waals surface area contributed by atoms with Gasteiger partial charge in [-0.05, 0) is 38.0 Å². The second kappa shape index (κ2) is 9.51. The summed E-state index contributed by atoms with van der Waals surface area (Å²) in [4.78, 5) is 26.9. The van der Waals surface area contributed by atoms with Gasteiger partial charge in [0, 0.05) is 37.2 Å². The van der Waals surface area contributed by atoms with Crippen molar-refractivity contribution in [1.29, 1.82) is 0 Å². The average molecular weight is 419 g/mol. The van der Waals surface area contributed by atoms with Gasteiger partial charge in [-0.3, -0.25) is 9.59 Å². The fourth-order valence-corrected chi connectivity index (χ4v) is 3.73. The Hall–Kier alpha value is -3.55. The van der Waals surface area contributed by atoms with E-state index >= 15 is 0 Å². The first-order valence-electron chi connectivity index (χ1n) is 10.6. The van der Waals surface area contributed by atoms with Crippen molar-refractivity contribution in [2.45, 2.75) is 26.3 Å². The molecule has 0 radical (unpaired) electrons. The molecule has 1 aromatic carbocycles. The first-order chi connectivity index (χ1) is 15.1. The van der Waals surface area contributed by atoms with E-state index in [9.17, 15) is 9.59 Å². The molecule has 8 heteroatoms. The first kappa shape index (κ1) is 20.7. The van der Waals surface area contributed by atoms with Crippen LogP contribution in [-0.2, 0) is 11.3 Å². The van der Waals surface area contributed by atoms with Crippen LogP contribution in [0, 0.1) is 12.8 Å². The monoisotopic (exact) mass is 418 g/mol. The minimum absolute atomic E-state index is 0.0295. The minimum atomic E-state index is -0.179. The number of benzene rings is 1. The van der Waals surface area contributed by atoms with Crippen LogP contribution in [-0.4, -0.2) is 45.5 Å². The highest BCUT2D eigenvalue weighted by Gasteiger charge is 2.25. The SMILES string of the molecule is Cc1ccc(N2CCC(C(=O)NCCn3nc(-c4ccccc4)ccc3=O)CC2)nn1. The second-order valence-corrected chi connectivity index (χ2v) is 7.73. The largest absolute Gasteiger partial charge is 0.355 e. The van der Waals surface area contributed by atoms with Crippen LogP contribution < -0.4 is 15.8 Å². The molecule has 3 aromatic rings. The van der Waals surface area contributed by atoms with E-state index in [1.54, 1.807) is 6.07 Å². The summed E-state index contributed by atoms with van der Waals surface area (Å²) in [7, 11) is 0. The van der Waals surface area contributed by atoms with Gasteiger partial charge in [0.2, 0.25) is 5.91 Å². The number of piperidine rings is 1. The zero-order valence-electron chi connectivity index (χ0n) is 17.6. The van der Waals surface area contributed by atoms with Gasteiger partial charge in [0.1, 0.15) is 0 Å². The summed E-state index contributed by atoms with van der Waals surface area (Å²) in [6.07, 6.45) is 1.53. The molecular weight excluding hydrogens is 392 g/mol. The molecule has 3 heterocycles. The summed E-state index contributed by atoms with van der Waals surface area (Å²) in [5, 5.41) is 15.7. The van der Waals surface area contributed by atoms with Crippen molar-refractivity contribution in [3.63, 3.8) is 0 Å². The van der Waals surface area contributed by atoms with Crippen LogP contribution in [0.25, 0.3) is 11.3 Å². The highest BCUT2D eigenvalue weighted by Crippen LogP contribution is 2.21. The molecule has 0 spiro atoms. The highest BCUT2D eigenvalue weighted by molar-refractivity contribution is 5.78. The molecule has 0 bridgehead atoms. The third kappa shape index (κ3) is 5.14. The van der Waals surface area contributed by atoms with Gasteiger partial charge in [-0.1, -0.05) is 30.3 Å². The Morgan fingerprint density at radius 2 is 1.81 bits per heavy atom. The summed E-state index contributed by atoms with van der Waals surface area (Å²) in [5.74, 6) is 0.852. The van der Waals surface area contributed by atoms with Crippen molar-refractivity contribution in [3.05, 3.63) is 70.6 Å². The molecule has 8 nitrogen and oxygen atoms in total. The van der Waals surface area contributed by atoms with E-state index in [1.165, 1.54) is 10.7 Å². The number of carbonyl (C=O) groups is 1. The zero-order chi connectivity index (χ0) is 21.6. The summed E-state index contributed by atoms with van der Waals surface area (Å²) in [6.45, 7) is 4.16. The Morgan fingerprint density at radius 1 is 1.03 bits per heavy atom. The number of aryl methyl sites for hydroxylation is 1. The molecule has 0 saturated carbocycles. The maximum Gasteiger partial charge on any atom is 0.266 e. The predicted molar refractivity (Wildman–Crippen MR) is 119 cm³/mol. The Balaban J connectivity index is 1.28. The number of rotatable bonds is 6. The van der Waals surface area contributed by atoms with E-state index in [-0.39, 0.29) is 17.4 Å². The number of amides is 1. The summed E-state index contributed by atoms with van der Waals surface area (Å²) >= 11 is 0. The van der Waals surface area contributed by atoms with E-state index < -0.39 is 0 Å². The second-order valence-electron chi connectivity index (χ2n) is 7.73. The molecule has 31 heavy (non-hydrogen) atoms. The average Bonchev–Trinajstić information content (AvgIpc) is 2.81. The molecular formula is C23H26N6O2. The summed E-state index contributed by atoms with van der Waals surface area (Å²) < 4.78 is 1.40. The van der Waals surface area contributed by atoms with Gasteiger partial charge in [-0.2, -0.15) is 10.2 Å². The smallest absolute Gasteiger partial charge is 0.266 e. The maximum absolute atomic E-state index is 12.6. The Bertz CT molecular complexity index is 1070. The third-order valence-electron chi connectivity index (χ3n) is 5.53. The number of carbonyl (C=O) groups excluding carboxylic acids is 1. The number of anilines is 1. The van der Waals surface area contributed by atoms with Crippen LogP contribution in [0.2, 0.25) is 0 Å². The van der Waals surface area contributed by atoms with E-state index in [1.807, 2.05) is 49.4 Å². The number of hydrogen-bond acceptors (Lipinski definition) is 6. The van der Waals surface area contributed by atoms with Gasteiger partial charge < -0.3 is 10.2 Å². The van der Waals surface area contributed by atoms with Crippen LogP contribution in [0.5, 0.6) is 0 Å². The maximum atomic E-state index is 12.6. The minimum Gasteiger partial charge on any atom is -0.355 e. The number of aromatic nitrogens is 4. The zero-order valence-corrected chi connectivity index (χ0v) is 17.6. The fourth-order valence-electron chi connectivity index (χ4n) is 3.73. The molecule has 1 saturated heterocycles. The highest BCUT2D eigenvalue weighted by atomic mass is 16.2. The Kier molecular flexibility index (Phi) is 6.35. The van der Waals surface area contributed by atoms with Crippen LogP contribution in [0.3, 0.4) is 0 Å². The van der Waals surface area contributed by atoms with Gasteiger partial charge in [0.15, 0.2) is 5.82 Å². The van der Waals surface area contributed by atoms with Crippen molar-refractivity contribution < 1.29 is 4.79 Å². The van der Waals surface area contributed by atoms with Crippen LogP contribution in [0.4, 0.5) is 5.82 Å². The van der Waals surface area contributed by atoms with Crippen LogP contribution in [0.15, 0.2) is 59.4 Å². The lowest BCUT2D eigenvalue weighted by Gasteiger charge is -2.31. The van der Waals surface area contributed by atoms with Gasteiger partial charge in [0.05, 0.1) is 17.9 Å². The number of nitrogens with one attached hydrogen (secondary N) is 1. The van der Waals surface area contributed by atoms with Gasteiger partial charge >= 0.3 is 0 Å². The summed E-state index contributed by atoms with van der Waals surface area (Å²) in [6, 6.07) is 16.9. The van der Waals surface area contributed by atoms with Crippen molar-refractivity contribution >= 4 is 11.7 Å². The first-order valence-corrected chi connectivity index (χ1v) is 10.6. The van der Waals surface area contributed by atoms with Crippen molar-refractivity contribution in [3.8, 4) is 11.3 Å². The molecule has 2 aromatic heterocycles. The molecule has 1 fully saturated rings. The lowest BCUT2D eigenvalue weighted by atomic mass is 9.96. The third-order valence-corrected chi connectivity index (χ3v) is 5.53. The fraction of sp³-hybridized carbons (Fsp3) is 0.348. The van der Waals surface area contributed by atoms with E-state index in [2.05, 4.69) is 25.5 Å². The number of hydrogen-bond donors (Lipinski definition) is 1. The Labute approximate surface area is 180 Å². The van der Waals surface area contributed by atoms with E-state index in [0.29, 0.717) is 13.1 Å². The molecule has 1 aliphatic heterocycles. The quantitative estimate of drug-likeness (QED) is 0.659.